The molecule has 9 aliphatic carbocycles. The summed E-state index contributed by atoms with van der Waals surface area (Å²) in [6, 6.07) is 2.70. The van der Waals surface area contributed by atoms with Crippen molar-refractivity contribution in [1.82, 2.24) is 4.90 Å². The van der Waals surface area contributed by atoms with Crippen molar-refractivity contribution in [1.29, 1.82) is 0 Å². The van der Waals surface area contributed by atoms with Gasteiger partial charge < -0.3 is 9.47 Å². The summed E-state index contributed by atoms with van der Waals surface area (Å²) in [4.78, 5) is 3.37. The fourth-order valence-electron chi connectivity index (χ4n) is 18.9. The zero-order valence-electron chi connectivity index (χ0n) is 37.0. The lowest BCUT2D eigenvalue weighted by Gasteiger charge is -2.52. The Hall–Kier alpha value is -0.120. The molecule has 0 amide bonds. The van der Waals surface area contributed by atoms with Crippen LogP contribution < -0.4 is 0 Å². The monoisotopic (exact) mass is 784 g/mol. The van der Waals surface area contributed by atoms with Gasteiger partial charge in [0.15, 0.2) is 0 Å². The lowest BCUT2D eigenvalue weighted by molar-refractivity contribution is -0.0879. The van der Waals surface area contributed by atoms with Gasteiger partial charge in [-0.05, 0) is 174 Å². The van der Waals surface area contributed by atoms with Crippen molar-refractivity contribution < 1.29 is 9.47 Å². The molecule has 11 rings (SSSR count). The minimum Gasteiger partial charge on any atom is -0.374 e. The van der Waals surface area contributed by atoms with Gasteiger partial charge in [-0.3, -0.25) is 4.90 Å². The maximum Gasteiger partial charge on any atom is 0.0667 e. The highest BCUT2D eigenvalue weighted by molar-refractivity contribution is 5.08. The first-order valence-corrected chi connectivity index (χ1v) is 27.3. The van der Waals surface area contributed by atoms with E-state index in [1.165, 1.54) is 148 Å². The predicted molar refractivity (Wildman–Crippen MR) is 234 cm³/mol. The number of fused-ring (bicyclic) bond motifs is 7. The molecule has 2 aliphatic heterocycles. The molecule has 3 nitrogen and oxygen atoms in total. The van der Waals surface area contributed by atoms with Crippen LogP contribution in [0.1, 0.15) is 225 Å². The third-order valence-corrected chi connectivity index (χ3v) is 21.5. The van der Waals surface area contributed by atoms with Gasteiger partial charge in [0, 0.05) is 24.0 Å². The molecule has 0 aromatic carbocycles. The highest BCUT2D eigenvalue weighted by Crippen LogP contribution is 2.59. The van der Waals surface area contributed by atoms with Crippen LogP contribution in [0, 0.1) is 71.0 Å². The zero-order valence-corrected chi connectivity index (χ0v) is 37.0. The van der Waals surface area contributed by atoms with E-state index in [2.05, 4.69) is 4.90 Å². The first-order chi connectivity index (χ1) is 28.2. The first-order valence-electron chi connectivity index (χ1n) is 27.3. The quantitative estimate of drug-likeness (QED) is 0.257. The van der Waals surface area contributed by atoms with Crippen molar-refractivity contribution in [3.05, 3.63) is 0 Å². The standard InChI is InChI=1S/C54H89NO2/c1-3-12-36(13-4-1)38-24-28-43(29-25-38)55(44-30-26-39(27-31-44)37-14-5-2-6-15-37)45-19-10-17-41(35-45)40-16-9-18-42(34-40)46-21-11-22-47-48-32-33-51-52(54(48)57-53(46)47)49-20-7-8-23-50(49)56-51/h36-54H,1-35H2. The largest absolute Gasteiger partial charge is 0.374 e. The third-order valence-electron chi connectivity index (χ3n) is 21.5. The molecule has 11 aliphatic rings. The van der Waals surface area contributed by atoms with Crippen LogP contribution >= 0.6 is 0 Å². The van der Waals surface area contributed by atoms with Gasteiger partial charge in [0.25, 0.3) is 0 Å². The number of hydrogen-bond donors (Lipinski definition) is 0. The minimum absolute atomic E-state index is 0.523. The Bertz CT molecular complexity index is 1230. The van der Waals surface area contributed by atoms with E-state index >= 15 is 0 Å². The predicted octanol–water partition coefficient (Wildman–Crippen LogP) is 14.1. The zero-order chi connectivity index (χ0) is 37.7. The van der Waals surface area contributed by atoms with Gasteiger partial charge >= 0.3 is 0 Å². The van der Waals surface area contributed by atoms with Gasteiger partial charge in [0.2, 0.25) is 0 Å². The van der Waals surface area contributed by atoms with Gasteiger partial charge in [-0.25, -0.2) is 0 Å². The maximum atomic E-state index is 7.57. The Kier molecular flexibility index (Phi) is 12.5. The van der Waals surface area contributed by atoms with E-state index in [-0.39, 0.29) is 0 Å². The molecule has 0 radical (unpaired) electrons. The fraction of sp³-hybridized carbons (Fsp3) is 1.00. The van der Waals surface area contributed by atoms with Gasteiger partial charge in [0.1, 0.15) is 0 Å². The lowest BCUT2D eigenvalue weighted by atomic mass is 9.60. The van der Waals surface area contributed by atoms with Crippen molar-refractivity contribution in [2.24, 2.45) is 71.0 Å². The second-order valence-electron chi connectivity index (χ2n) is 24.0. The molecule has 2 saturated heterocycles. The minimum atomic E-state index is 0.523. The van der Waals surface area contributed by atoms with Crippen LogP contribution in [0.3, 0.4) is 0 Å². The summed E-state index contributed by atoms with van der Waals surface area (Å²) in [5.41, 5.74) is 0. The number of hydrogen-bond acceptors (Lipinski definition) is 3. The van der Waals surface area contributed by atoms with Gasteiger partial charge in [0.05, 0.1) is 24.4 Å². The molecule has 9 saturated carbocycles. The van der Waals surface area contributed by atoms with Crippen molar-refractivity contribution in [3.8, 4) is 0 Å². The molecule has 0 N–H and O–H groups in total. The number of ether oxygens (including phenoxy) is 2. The summed E-state index contributed by atoms with van der Waals surface area (Å²) in [6.07, 6.45) is 55.0. The van der Waals surface area contributed by atoms with Crippen LogP contribution in [0.15, 0.2) is 0 Å². The summed E-state index contributed by atoms with van der Waals surface area (Å²) in [5.74, 6) is 11.3. The van der Waals surface area contributed by atoms with Crippen LogP contribution in [0.25, 0.3) is 0 Å². The molecule has 3 heteroatoms. The van der Waals surface area contributed by atoms with Crippen molar-refractivity contribution in [2.45, 2.75) is 267 Å². The Morgan fingerprint density at radius 3 is 1.47 bits per heavy atom. The molecule has 0 bridgehead atoms. The molecule has 0 aromatic heterocycles. The van der Waals surface area contributed by atoms with Crippen LogP contribution in [-0.2, 0) is 9.47 Å². The van der Waals surface area contributed by atoms with Gasteiger partial charge in [-0.1, -0.05) is 116 Å². The van der Waals surface area contributed by atoms with Crippen LogP contribution in [0.5, 0.6) is 0 Å². The average molecular weight is 784 g/mol. The third kappa shape index (κ3) is 8.06. The molecular formula is C54H89NO2. The number of nitrogens with zero attached hydrogens (tertiary/aromatic N) is 1. The van der Waals surface area contributed by atoms with E-state index in [9.17, 15) is 0 Å². The Morgan fingerprint density at radius 1 is 0.263 bits per heavy atom. The Morgan fingerprint density at radius 2 is 0.772 bits per heavy atom. The van der Waals surface area contributed by atoms with Crippen molar-refractivity contribution in [2.75, 3.05) is 0 Å². The summed E-state index contributed by atoms with van der Waals surface area (Å²) >= 11 is 0. The lowest BCUT2D eigenvalue weighted by Crippen LogP contribution is -2.54. The smallest absolute Gasteiger partial charge is 0.0667 e. The molecule has 0 aromatic rings. The molecule has 57 heavy (non-hydrogen) atoms. The Balaban J connectivity index is 0.759. The van der Waals surface area contributed by atoms with E-state index in [4.69, 9.17) is 9.47 Å². The molecule has 11 fully saturated rings. The first kappa shape index (κ1) is 39.7. The van der Waals surface area contributed by atoms with Crippen LogP contribution in [0.4, 0.5) is 0 Å². The van der Waals surface area contributed by atoms with Crippen LogP contribution in [0.2, 0.25) is 0 Å². The second-order valence-corrected chi connectivity index (χ2v) is 24.0. The summed E-state index contributed by atoms with van der Waals surface area (Å²) in [7, 11) is 0. The fourth-order valence-corrected chi connectivity index (χ4v) is 18.9. The average Bonchev–Trinajstić information content (AvgIpc) is 3.86. The highest BCUT2D eigenvalue weighted by atomic mass is 16.5. The summed E-state index contributed by atoms with van der Waals surface area (Å²) in [5, 5.41) is 0. The molecule has 322 valence electrons. The van der Waals surface area contributed by atoms with Crippen molar-refractivity contribution >= 4 is 0 Å². The summed E-state index contributed by atoms with van der Waals surface area (Å²) in [6.45, 7) is 0. The number of rotatable bonds is 7. The maximum absolute atomic E-state index is 7.57. The molecular weight excluding hydrogens is 695 g/mol. The van der Waals surface area contributed by atoms with E-state index in [1.807, 2.05) is 0 Å². The molecule has 13 unspecified atom stereocenters. The van der Waals surface area contributed by atoms with E-state index in [1.54, 1.807) is 77.0 Å². The second kappa shape index (κ2) is 17.9. The topological polar surface area (TPSA) is 21.7 Å². The van der Waals surface area contributed by atoms with E-state index in [0.717, 1.165) is 89.1 Å². The highest BCUT2D eigenvalue weighted by Gasteiger charge is 2.60. The molecule has 13 atom stereocenters. The van der Waals surface area contributed by atoms with E-state index < -0.39 is 0 Å². The Labute approximate surface area is 351 Å². The van der Waals surface area contributed by atoms with Gasteiger partial charge in [-0.2, -0.15) is 0 Å². The molecule has 2 heterocycles. The van der Waals surface area contributed by atoms with Crippen LogP contribution in [-0.4, -0.2) is 47.4 Å². The normalized spacial score (nSPS) is 50.2. The summed E-state index contributed by atoms with van der Waals surface area (Å²) < 4.78 is 14.4. The van der Waals surface area contributed by atoms with Crippen molar-refractivity contribution in [3.63, 3.8) is 0 Å². The van der Waals surface area contributed by atoms with Gasteiger partial charge in [-0.15, -0.1) is 0 Å². The SMILES string of the molecule is C1CCC(C2CCC(N(C3CCC(C4CCCCC4)CC3)C3CCCC(C4CCCC(C5CCCC6C7CCC8OC9CCCCC9C8C7OC56)C4)C3)CC2)CC1. The van der Waals surface area contributed by atoms with E-state index in [0.29, 0.717) is 24.4 Å². The molecule has 0 spiro atoms.